The molecule has 0 aliphatic carbocycles. The number of amides is 2. The molecule has 1 aliphatic heterocycles. The van der Waals surface area contributed by atoms with Crippen molar-refractivity contribution in [3.63, 3.8) is 0 Å². The number of fused-ring (bicyclic) bond motifs is 1. The van der Waals surface area contributed by atoms with Gasteiger partial charge in [-0.05, 0) is 24.6 Å². The van der Waals surface area contributed by atoms with Gasteiger partial charge in [0.1, 0.15) is 5.82 Å². The van der Waals surface area contributed by atoms with Gasteiger partial charge in [0.05, 0.1) is 16.9 Å². The van der Waals surface area contributed by atoms with Gasteiger partial charge < -0.3 is 19.5 Å². The number of hydrogen-bond donors (Lipinski definition) is 2. The Morgan fingerprint density at radius 3 is 2.83 bits per heavy atom. The summed E-state index contributed by atoms with van der Waals surface area (Å²) >= 11 is 5.86. The number of nitrogens with zero attached hydrogens (tertiary/aromatic N) is 3. The van der Waals surface area contributed by atoms with Crippen LogP contribution in [0.25, 0.3) is 11.2 Å². The third kappa shape index (κ3) is 4.13. The third-order valence-corrected chi connectivity index (χ3v) is 5.07. The van der Waals surface area contributed by atoms with E-state index >= 15 is 0 Å². The van der Waals surface area contributed by atoms with Crippen molar-refractivity contribution in [1.29, 1.82) is 0 Å². The van der Waals surface area contributed by atoms with Crippen molar-refractivity contribution in [3.8, 4) is 0 Å². The number of rotatable bonds is 2. The lowest BCUT2D eigenvalue weighted by molar-refractivity contribution is -0.143. The Kier molecular flexibility index (Phi) is 5.40. The van der Waals surface area contributed by atoms with Crippen LogP contribution in [0.2, 0.25) is 5.02 Å². The summed E-state index contributed by atoms with van der Waals surface area (Å²) in [6.45, 7) is 1.84. The van der Waals surface area contributed by atoms with Crippen LogP contribution in [0.4, 0.5) is 15.8 Å². The monoisotopic (exact) mass is 433 g/mol. The average Bonchev–Trinajstić information content (AvgIpc) is 2.93. The molecule has 2 N–H and O–H groups in total. The van der Waals surface area contributed by atoms with Crippen LogP contribution < -0.4 is 16.0 Å². The number of benzene rings is 1. The van der Waals surface area contributed by atoms with E-state index in [0.29, 0.717) is 32.6 Å². The maximum Gasteiger partial charge on any atom is 0.418 e. The third-order valence-electron chi connectivity index (χ3n) is 4.78. The SMILES string of the molecule is O=C(Nc1cnc2[nH]c(=O)oc2c1)C(=O)N1CCCN(c2ccc(F)c(Cl)c2)CC1. The number of hydrogen-bond acceptors (Lipinski definition) is 6. The predicted molar refractivity (Wildman–Crippen MR) is 108 cm³/mol. The Bertz CT molecular complexity index is 1180. The topological polar surface area (TPSA) is 112 Å². The number of aromatic nitrogens is 2. The summed E-state index contributed by atoms with van der Waals surface area (Å²) in [6.07, 6.45) is 1.96. The molecular weight excluding hydrogens is 417 g/mol. The summed E-state index contributed by atoms with van der Waals surface area (Å²) in [5.74, 6) is -2.64. The average molecular weight is 434 g/mol. The molecule has 9 nitrogen and oxygen atoms in total. The van der Waals surface area contributed by atoms with Gasteiger partial charge in [-0.2, -0.15) is 0 Å². The Morgan fingerprint density at radius 1 is 1.20 bits per heavy atom. The normalized spacial score (nSPS) is 14.6. The van der Waals surface area contributed by atoms with Gasteiger partial charge >= 0.3 is 17.6 Å². The number of oxazole rings is 1. The van der Waals surface area contributed by atoms with Crippen molar-refractivity contribution >= 4 is 46.0 Å². The van der Waals surface area contributed by atoms with E-state index in [0.717, 1.165) is 5.69 Å². The van der Waals surface area contributed by atoms with Gasteiger partial charge in [-0.15, -0.1) is 0 Å². The molecule has 3 heterocycles. The number of halogens is 2. The van der Waals surface area contributed by atoms with Gasteiger partial charge in [0.15, 0.2) is 11.2 Å². The first kappa shape index (κ1) is 19.9. The first-order chi connectivity index (χ1) is 14.4. The van der Waals surface area contributed by atoms with E-state index < -0.39 is 23.4 Å². The molecule has 3 aromatic rings. The fraction of sp³-hybridized carbons (Fsp3) is 0.263. The highest BCUT2D eigenvalue weighted by atomic mass is 35.5. The molecule has 11 heteroatoms. The number of pyridine rings is 1. The Hall–Kier alpha value is -3.40. The zero-order valence-electron chi connectivity index (χ0n) is 15.7. The van der Waals surface area contributed by atoms with Crippen molar-refractivity contribution in [3.05, 3.63) is 51.9 Å². The molecule has 0 unspecified atom stereocenters. The minimum atomic E-state index is -0.813. The maximum absolute atomic E-state index is 13.4. The van der Waals surface area contributed by atoms with Crippen molar-refractivity contribution in [2.24, 2.45) is 0 Å². The van der Waals surface area contributed by atoms with Crippen molar-refractivity contribution in [2.45, 2.75) is 6.42 Å². The fourth-order valence-corrected chi connectivity index (χ4v) is 3.47. The number of anilines is 2. The van der Waals surface area contributed by atoms with E-state index in [1.165, 1.54) is 23.2 Å². The molecule has 156 valence electrons. The second-order valence-electron chi connectivity index (χ2n) is 6.77. The Morgan fingerprint density at radius 2 is 2.03 bits per heavy atom. The molecule has 1 aromatic carbocycles. The van der Waals surface area contributed by atoms with Crippen LogP contribution in [-0.4, -0.2) is 52.9 Å². The molecule has 1 aliphatic rings. The summed E-state index contributed by atoms with van der Waals surface area (Å²) in [4.78, 5) is 46.0. The van der Waals surface area contributed by atoms with Gasteiger partial charge in [-0.3, -0.25) is 14.6 Å². The smallest absolute Gasteiger partial charge is 0.406 e. The van der Waals surface area contributed by atoms with Gasteiger partial charge in [-0.25, -0.2) is 14.2 Å². The molecule has 0 radical (unpaired) electrons. The number of carbonyl (C=O) groups is 2. The molecule has 1 saturated heterocycles. The number of carbonyl (C=O) groups excluding carboxylic acids is 2. The number of aromatic amines is 1. The highest BCUT2D eigenvalue weighted by Gasteiger charge is 2.25. The minimum Gasteiger partial charge on any atom is -0.406 e. The summed E-state index contributed by atoms with van der Waals surface area (Å²) in [5.41, 5.74) is 1.42. The zero-order chi connectivity index (χ0) is 21.3. The van der Waals surface area contributed by atoms with E-state index in [-0.39, 0.29) is 21.9 Å². The van der Waals surface area contributed by atoms with Crippen LogP contribution in [0.3, 0.4) is 0 Å². The van der Waals surface area contributed by atoms with Crippen LogP contribution >= 0.6 is 11.6 Å². The molecule has 0 bridgehead atoms. The summed E-state index contributed by atoms with van der Waals surface area (Å²) in [7, 11) is 0. The number of H-pyrrole nitrogens is 1. The van der Waals surface area contributed by atoms with Crippen LogP contribution in [0.5, 0.6) is 0 Å². The molecule has 0 saturated carbocycles. The van der Waals surface area contributed by atoms with Crippen molar-refractivity contribution in [1.82, 2.24) is 14.9 Å². The molecule has 0 spiro atoms. The minimum absolute atomic E-state index is 0.0351. The molecule has 30 heavy (non-hydrogen) atoms. The second-order valence-corrected chi connectivity index (χ2v) is 7.18. The second kappa shape index (κ2) is 8.15. The van der Waals surface area contributed by atoms with Crippen molar-refractivity contribution in [2.75, 3.05) is 36.4 Å². The van der Waals surface area contributed by atoms with E-state index in [4.69, 9.17) is 16.0 Å². The lowest BCUT2D eigenvalue weighted by Crippen LogP contribution is -2.41. The van der Waals surface area contributed by atoms with E-state index in [9.17, 15) is 18.8 Å². The van der Waals surface area contributed by atoms with E-state index in [2.05, 4.69) is 15.3 Å². The quantitative estimate of drug-likeness (QED) is 0.598. The number of nitrogens with one attached hydrogen (secondary N) is 2. The van der Waals surface area contributed by atoms with Crippen molar-refractivity contribution < 1.29 is 18.4 Å². The predicted octanol–water partition coefficient (Wildman–Crippen LogP) is 1.99. The molecule has 4 rings (SSSR count). The van der Waals surface area contributed by atoms with Crippen LogP contribution in [-0.2, 0) is 9.59 Å². The molecular formula is C19H17ClFN5O4. The van der Waals surface area contributed by atoms with Gasteiger partial charge in [0, 0.05) is 37.9 Å². The first-order valence-corrected chi connectivity index (χ1v) is 9.57. The summed E-state index contributed by atoms with van der Waals surface area (Å²) in [5, 5.41) is 2.51. The zero-order valence-corrected chi connectivity index (χ0v) is 16.4. The van der Waals surface area contributed by atoms with E-state index in [1.54, 1.807) is 12.1 Å². The Labute approximate surface area is 174 Å². The lowest BCUT2D eigenvalue weighted by atomic mass is 10.2. The highest BCUT2D eigenvalue weighted by Crippen LogP contribution is 2.23. The fourth-order valence-electron chi connectivity index (χ4n) is 3.30. The summed E-state index contributed by atoms with van der Waals surface area (Å²) < 4.78 is 18.3. The van der Waals surface area contributed by atoms with Crippen LogP contribution in [0.1, 0.15) is 6.42 Å². The van der Waals surface area contributed by atoms with Gasteiger partial charge in [0.2, 0.25) is 0 Å². The largest absolute Gasteiger partial charge is 0.418 e. The maximum atomic E-state index is 13.4. The van der Waals surface area contributed by atoms with Crippen LogP contribution in [0, 0.1) is 5.82 Å². The Balaban J connectivity index is 1.40. The lowest BCUT2D eigenvalue weighted by Gasteiger charge is -2.23. The first-order valence-electron chi connectivity index (χ1n) is 9.20. The molecule has 0 atom stereocenters. The summed E-state index contributed by atoms with van der Waals surface area (Å²) in [6, 6.07) is 5.89. The molecule has 2 amide bonds. The van der Waals surface area contributed by atoms with Crippen LogP contribution in [0.15, 0.2) is 39.7 Å². The molecule has 2 aromatic heterocycles. The van der Waals surface area contributed by atoms with Gasteiger partial charge in [0.25, 0.3) is 0 Å². The van der Waals surface area contributed by atoms with Gasteiger partial charge in [-0.1, -0.05) is 11.6 Å². The van der Waals surface area contributed by atoms with E-state index in [1.807, 2.05) is 4.90 Å². The highest BCUT2D eigenvalue weighted by molar-refractivity contribution is 6.39. The molecule has 1 fully saturated rings. The standard InChI is InChI=1S/C19H17ClFN5O4/c20-13-9-12(2-3-14(13)21)25-4-1-5-26(7-6-25)18(28)17(27)23-11-8-15-16(22-10-11)24-19(29)30-15/h2-3,8-10H,1,4-7H2,(H,23,27)(H,22,24,29).